The summed E-state index contributed by atoms with van der Waals surface area (Å²) >= 11 is 0. The average Bonchev–Trinajstić information content (AvgIpc) is 3.71. The maximum absolute atomic E-state index is 5.14. The maximum atomic E-state index is 5.14. The van der Waals surface area contributed by atoms with Gasteiger partial charge in [-0.05, 0) is 42.5 Å². The molecule has 0 unspecified atom stereocenters. The smallest absolute Gasteiger partial charge is 0.238 e. The fourth-order valence-corrected chi connectivity index (χ4v) is 7.10. The monoisotopic (exact) mass is 641 g/mol. The Morgan fingerprint density at radius 3 is 1.78 bits per heavy atom. The van der Waals surface area contributed by atoms with Gasteiger partial charge in [0.2, 0.25) is 5.95 Å². The third-order valence-corrected chi connectivity index (χ3v) is 9.33. The Bertz CT molecular complexity index is 2800. The van der Waals surface area contributed by atoms with Gasteiger partial charge >= 0.3 is 0 Å². The van der Waals surface area contributed by atoms with Crippen LogP contribution in [-0.4, -0.2) is 34.1 Å². The number of fused-ring (bicyclic) bond motifs is 6. The van der Waals surface area contributed by atoms with Gasteiger partial charge in [-0.1, -0.05) is 103 Å². The molecule has 50 heavy (non-hydrogen) atoms. The summed E-state index contributed by atoms with van der Waals surface area (Å²) in [6.45, 7) is 0. The van der Waals surface area contributed by atoms with Crippen molar-refractivity contribution >= 4 is 43.6 Å². The molecule has 0 spiro atoms. The van der Waals surface area contributed by atoms with Crippen molar-refractivity contribution in [3.05, 3.63) is 164 Å². The lowest BCUT2D eigenvalue weighted by Crippen LogP contribution is -2.07. The fraction of sp³-hybridized carbons (Fsp3) is 0. The zero-order chi connectivity index (χ0) is 33.0. The van der Waals surface area contributed by atoms with E-state index in [1.165, 1.54) is 0 Å². The van der Waals surface area contributed by atoms with Crippen molar-refractivity contribution in [2.45, 2.75) is 0 Å². The topological polar surface area (TPSA) is 74.3 Å². The average molecular weight is 642 g/mol. The zero-order valence-electron chi connectivity index (χ0n) is 26.7. The molecule has 0 radical (unpaired) electrons. The van der Waals surface area contributed by atoms with Gasteiger partial charge in [-0.25, -0.2) is 4.98 Å². The standard InChI is InChI=1S/C43H27N7/c1-4-12-28(13-5-1)41-46-42(29-14-6-2-7-15-29)48-43(47-41)50-36-19-11-10-18-32(36)34-23-25-45-39(40(34)50)30-20-21-37-35(26-30)33-22-24-44-27-38(33)49(37)31-16-8-3-9-17-31/h1-27H. The third-order valence-electron chi connectivity index (χ3n) is 9.33. The Morgan fingerprint density at radius 2 is 1.04 bits per heavy atom. The van der Waals surface area contributed by atoms with Crippen LogP contribution < -0.4 is 0 Å². The molecule has 7 nitrogen and oxygen atoms in total. The number of pyridine rings is 2. The van der Waals surface area contributed by atoms with Gasteiger partial charge in [-0.15, -0.1) is 0 Å². The lowest BCUT2D eigenvalue weighted by atomic mass is 10.0. The minimum Gasteiger partial charge on any atom is -0.308 e. The molecule has 5 aromatic heterocycles. The summed E-state index contributed by atoms with van der Waals surface area (Å²) in [5, 5.41) is 4.43. The molecule has 0 bridgehead atoms. The number of hydrogen-bond donors (Lipinski definition) is 0. The molecule has 5 aromatic carbocycles. The van der Waals surface area contributed by atoms with E-state index in [9.17, 15) is 0 Å². The van der Waals surface area contributed by atoms with Gasteiger partial charge in [-0.3, -0.25) is 14.5 Å². The number of hydrogen-bond acceptors (Lipinski definition) is 5. The van der Waals surface area contributed by atoms with E-state index >= 15 is 0 Å². The molecule has 0 atom stereocenters. The van der Waals surface area contributed by atoms with Gasteiger partial charge in [0.25, 0.3) is 0 Å². The molecule has 0 N–H and O–H groups in total. The predicted molar refractivity (Wildman–Crippen MR) is 200 cm³/mol. The van der Waals surface area contributed by atoms with Gasteiger partial charge < -0.3 is 4.57 Å². The lowest BCUT2D eigenvalue weighted by molar-refractivity contribution is 0.952. The SMILES string of the molecule is c1ccc(-c2nc(-c3ccccc3)nc(-n3c4ccccc4c4ccnc(-c5ccc6c(c5)c5ccncc5n6-c5ccccc5)c43)n2)cc1. The van der Waals surface area contributed by atoms with Crippen molar-refractivity contribution in [1.29, 1.82) is 0 Å². The molecule has 0 saturated carbocycles. The maximum Gasteiger partial charge on any atom is 0.238 e. The lowest BCUT2D eigenvalue weighted by Gasteiger charge is -2.12. The summed E-state index contributed by atoms with van der Waals surface area (Å²) in [6, 6.07) is 49.7. The molecule has 0 aliphatic rings. The van der Waals surface area contributed by atoms with E-state index in [1.54, 1.807) is 0 Å². The van der Waals surface area contributed by atoms with Crippen LogP contribution in [0.4, 0.5) is 0 Å². The van der Waals surface area contributed by atoms with E-state index in [0.717, 1.165) is 71.7 Å². The number of aromatic nitrogens is 7. The summed E-state index contributed by atoms with van der Waals surface area (Å²) in [5.74, 6) is 1.75. The molecule has 0 fully saturated rings. The van der Waals surface area contributed by atoms with Crippen LogP contribution in [0.5, 0.6) is 0 Å². The number of nitrogens with zero attached hydrogens (tertiary/aromatic N) is 7. The Hall–Kier alpha value is -6.99. The van der Waals surface area contributed by atoms with Gasteiger partial charge in [0.1, 0.15) is 0 Å². The fourth-order valence-electron chi connectivity index (χ4n) is 7.10. The van der Waals surface area contributed by atoms with Crippen LogP contribution in [0.2, 0.25) is 0 Å². The van der Waals surface area contributed by atoms with Crippen LogP contribution in [0.1, 0.15) is 0 Å². The molecule has 234 valence electrons. The molecular formula is C43H27N7. The van der Waals surface area contributed by atoms with E-state index in [4.69, 9.17) is 19.9 Å². The molecule has 0 saturated heterocycles. The summed E-state index contributed by atoms with van der Waals surface area (Å²) < 4.78 is 4.42. The first-order valence-corrected chi connectivity index (χ1v) is 16.5. The minimum atomic E-state index is 0.533. The summed E-state index contributed by atoms with van der Waals surface area (Å²) in [6.07, 6.45) is 5.69. The van der Waals surface area contributed by atoms with Gasteiger partial charge in [0.05, 0.1) is 34.0 Å². The highest BCUT2D eigenvalue weighted by molar-refractivity contribution is 6.14. The first-order valence-electron chi connectivity index (χ1n) is 16.5. The quantitative estimate of drug-likeness (QED) is 0.187. The van der Waals surface area contributed by atoms with Crippen molar-refractivity contribution in [2.75, 3.05) is 0 Å². The number of para-hydroxylation sites is 2. The van der Waals surface area contributed by atoms with Crippen LogP contribution >= 0.6 is 0 Å². The van der Waals surface area contributed by atoms with E-state index in [2.05, 4.69) is 93.0 Å². The van der Waals surface area contributed by atoms with Crippen molar-refractivity contribution < 1.29 is 0 Å². The van der Waals surface area contributed by atoms with Crippen molar-refractivity contribution in [1.82, 2.24) is 34.1 Å². The van der Waals surface area contributed by atoms with E-state index in [1.807, 2.05) is 85.3 Å². The van der Waals surface area contributed by atoms with Gasteiger partial charge in [-0.2, -0.15) is 9.97 Å². The second-order valence-corrected chi connectivity index (χ2v) is 12.2. The first kappa shape index (κ1) is 28.1. The number of rotatable bonds is 5. The molecule has 10 aromatic rings. The van der Waals surface area contributed by atoms with E-state index < -0.39 is 0 Å². The molecule has 10 rings (SSSR count). The van der Waals surface area contributed by atoms with Crippen molar-refractivity contribution in [2.24, 2.45) is 0 Å². The van der Waals surface area contributed by atoms with Crippen molar-refractivity contribution in [3.63, 3.8) is 0 Å². The highest BCUT2D eigenvalue weighted by Crippen LogP contribution is 2.39. The first-order chi connectivity index (χ1) is 24.8. The normalized spacial score (nSPS) is 11.6. The van der Waals surface area contributed by atoms with E-state index in [-0.39, 0.29) is 0 Å². The summed E-state index contributed by atoms with van der Waals surface area (Å²) in [5.41, 5.74) is 8.86. The molecule has 0 aliphatic carbocycles. The highest BCUT2D eigenvalue weighted by atomic mass is 15.2. The predicted octanol–water partition coefficient (Wildman–Crippen LogP) is 9.86. The third kappa shape index (κ3) is 4.41. The summed E-state index contributed by atoms with van der Waals surface area (Å²) in [4.78, 5) is 24.8. The van der Waals surface area contributed by atoms with Crippen LogP contribution in [-0.2, 0) is 0 Å². The molecule has 0 amide bonds. The highest BCUT2D eigenvalue weighted by Gasteiger charge is 2.22. The molecular weight excluding hydrogens is 615 g/mol. The Balaban J connectivity index is 1.27. The number of benzene rings is 5. The van der Waals surface area contributed by atoms with Gasteiger partial charge in [0.15, 0.2) is 11.6 Å². The Morgan fingerprint density at radius 1 is 0.420 bits per heavy atom. The minimum absolute atomic E-state index is 0.533. The van der Waals surface area contributed by atoms with Crippen LogP contribution in [0, 0.1) is 0 Å². The van der Waals surface area contributed by atoms with Gasteiger partial charge in [0, 0.05) is 56.3 Å². The van der Waals surface area contributed by atoms with Crippen LogP contribution in [0.15, 0.2) is 164 Å². The zero-order valence-corrected chi connectivity index (χ0v) is 26.7. The second-order valence-electron chi connectivity index (χ2n) is 12.2. The Kier molecular flexibility index (Phi) is 6.35. The second kappa shape index (κ2) is 11.3. The Labute approximate surface area is 286 Å². The summed E-state index contributed by atoms with van der Waals surface area (Å²) in [7, 11) is 0. The largest absolute Gasteiger partial charge is 0.308 e. The van der Waals surface area contributed by atoms with Crippen LogP contribution in [0.3, 0.4) is 0 Å². The molecule has 5 heterocycles. The molecule has 0 aliphatic heterocycles. The van der Waals surface area contributed by atoms with E-state index in [0.29, 0.717) is 17.6 Å². The molecule has 7 heteroatoms. The van der Waals surface area contributed by atoms with Crippen molar-refractivity contribution in [3.8, 4) is 45.7 Å². The van der Waals surface area contributed by atoms with Crippen LogP contribution in [0.25, 0.3) is 89.3 Å².